The van der Waals surface area contributed by atoms with Crippen LogP contribution < -0.4 is 0 Å². The van der Waals surface area contributed by atoms with Crippen LogP contribution in [0.15, 0.2) is 78.9 Å². The first-order chi connectivity index (χ1) is 7.47. The Morgan fingerprint density at radius 3 is 2.00 bits per heavy atom. The maximum absolute atomic E-state index is 2.20. The predicted octanol–water partition coefficient (Wildman–Crippen LogP) is 4.02. The van der Waals surface area contributed by atoms with E-state index >= 15 is 0 Å². The van der Waals surface area contributed by atoms with Crippen molar-refractivity contribution in [2.24, 2.45) is 0 Å². The maximum Gasteiger partial charge on any atom is 2.00 e. The molecule has 0 N–H and O–H groups in total. The molecular weight excluding hydrogens is 236 g/mol. The molecule has 0 nitrogen and oxygen atoms in total. The molecule has 0 atom stereocenters. The van der Waals surface area contributed by atoms with Gasteiger partial charge in [0.25, 0.3) is 0 Å². The van der Waals surface area contributed by atoms with E-state index in [4.69, 9.17) is 0 Å². The number of hydrogen-bond acceptors (Lipinski definition) is 0. The zero-order valence-electron chi connectivity index (χ0n) is 8.94. The van der Waals surface area contributed by atoms with Gasteiger partial charge in [-0.3, -0.25) is 0 Å². The normalized spacial score (nSPS) is 13.0. The topological polar surface area (TPSA) is 0 Å². The van der Waals surface area contributed by atoms with Crippen molar-refractivity contribution in [3.63, 3.8) is 0 Å². The van der Waals surface area contributed by atoms with Crippen LogP contribution in [0.3, 0.4) is 0 Å². The van der Waals surface area contributed by atoms with Crippen molar-refractivity contribution in [3.8, 4) is 0 Å². The van der Waals surface area contributed by atoms with Crippen LogP contribution in [-0.4, -0.2) is 0 Å². The third kappa shape index (κ3) is 3.69. The summed E-state index contributed by atoms with van der Waals surface area (Å²) in [5.41, 5.74) is 1.39. The van der Waals surface area contributed by atoms with E-state index in [-0.39, 0.29) is 17.1 Å². The van der Waals surface area contributed by atoms with Gasteiger partial charge in [-0.25, -0.2) is 24.3 Å². The fourth-order valence-electron chi connectivity index (χ4n) is 1.59. The summed E-state index contributed by atoms with van der Waals surface area (Å²) in [5, 5.41) is 0. The van der Waals surface area contributed by atoms with Gasteiger partial charge < -0.3 is 0 Å². The summed E-state index contributed by atoms with van der Waals surface area (Å²) in [6.07, 6.45) is 8.60. The molecule has 1 aliphatic rings. The first kappa shape index (κ1) is 12.8. The van der Waals surface area contributed by atoms with Gasteiger partial charge in [-0.05, 0) is 5.92 Å². The van der Waals surface area contributed by atoms with Crippen molar-refractivity contribution >= 4 is 0 Å². The molecule has 0 amide bonds. The van der Waals surface area contributed by atoms with Crippen LogP contribution in [0, 0.1) is 0 Å². The molecule has 0 saturated heterocycles. The van der Waals surface area contributed by atoms with Crippen LogP contribution in [0.5, 0.6) is 0 Å². The largest absolute Gasteiger partial charge is 2.00 e. The quantitative estimate of drug-likeness (QED) is 0.529. The molecule has 0 heterocycles. The summed E-state index contributed by atoms with van der Waals surface area (Å²) < 4.78 is 0. The Morgan fingerprint density at radius 1 is 0.875 bits per heavy atom. The van der Waals surface area contributed by atoms with Gasteiger partial charge in [-0.2, -0.15) is 35.9 Å². The van der Waals surface area contributed by atoms with Gasteiger partial charge in [0.1, 0.15) is 0 Å². The summed E-state index contributed by atoms with van der Waals surface area (Å²) in [6.45, 7) is 0. The van der Waals surface area contributed by atoms with Crippen LogP contribution in [0.2, 0.25) is 0 Å². The molecule has 0 fully saturated rings. The van der Waals surface area contributed by atoms with Crippen LogP contribution in [0.25, 0.3) is 0 Å². The Hall–Kier alpha value is -1.30. The zero-order chi connectivity index (χ0) is 10.3. The average Bonchev–Trinajstić information content (AvgIpc) is 3.06. The fourth-order valence-corrected chi connectivity index (χ4v) is 1.59. The summed E-state index contributed by atoms with van der Waals surface area (Å²) in [6, 6.07) is 18.5. The van der Waals surface area contributed by atoms with Gasteiger partial charge in [0.2, 0.25) is 0 Å². The molecule has 0 radical (unpaired) electrons. The van der Waals surface area contributed by atoms with E-state index in [0.29, 0.717) is 5.92 Å². The van der Waals surface area contributed by atoms with Gasteiger partial charge in [0.15, 0.2) is 0 Å². The Morgan fingerprint density at radius 2 is 1.56 bits per heavy atom. The molecule has 16 heavy (non-hydrogen) atoms. The zero-order valence-corrected chi connectivity index (χ0v) is 10.0. The van der Waals surface area contributed by atoms with Crippen molar-refractivity contribution in [2.75, 3.05) is 0 Å². The van der Waals surface area contributed by atoms with Crippen LogP contribution in [0.1, 0.15) is 11.5 Å². The Balaban J connectivity index is 0.000000183. The van der Waals surface area contributed by atoms with Crippen molar-refractivity contribution < 1.29 is 17.1 Å². The standard InChI is InChI=1S/C10H9.C5H5.Fe/c1-2-6-9(5-1)10-7-3-4-8-10;1-2-4-5-3-1;/h1-9H;1-5H;/q2*-1;+2. The molecule has 1 aliphatic carbocycles. The predicted molar refractivity (Wildman–Crippen MR) is 65.1 cm³/mol. The summed E-state index contributed by atoms with van der Waals surface area (Å²) in [7, 11) is 0. The molecule has 0 unspecified atom stereocenters. The molecule has 82 valence electrons. The van der Waals surface area contributed by atoms with E-state index in [1.807, 2.05) is 30.3 Å². The van der Waals surface area contributed by atoms with E-state index in [0.717, 1.165) is 0 Å². The Labute approximate surface area is 108 Å². The first-order valence-corrected chi connectivity index (χ1v) is 5.20. The van der Waals surface area contributed by atoms with Crippen molar-refractivity contribution in [3.05, 3.63) is 84.5 Å². The minimum absolute atomic E-state index is 0. The van der Waals surface area contributed by atoms with Gasteiger partial charge in [-0.1, -0.05) is 24.3 Å². The van der Waals surface area contributed by atoms with Crippen LogP contribution >= 0.6 is 0 Å². The summed E-state index contributed by atoms with van der Waals surface area (Å²) in [4.78, 5) is 0. The minimum Gasteiger partial charge on any atom is -0.214 e. The minimum atomic E-state index is 0. The Kier molecular flexibility index (Phi) is 5.63. The van der Waals surface area contributed by atoms with Crippen LogP contribution in [0.4, 0.5) is 0 Å². The smallest absolute Gasteiger partial charge is 0.214 e. The maximum atomic E-state index is 2.20. The molecule has 2 aromatic rings. The average molecular weight is 250 g/mol. The third-order valence-corrected chi connectivity index (χ3v) is 2.38. The summed E-state index contributed by atoms with van der Waals surface area (Å²) in [5.74, 6) is 0.537. The molecule has 1 heteroatoms. The van der Waals surface area contributed by atoms with Crippen molar-refractivity contribution in [1.82, 2.24) is 0 Å². The molecule has 0 saturated carbocycles. The van der Waals surface area contributed by atoms with Gasteiger partial charge in [0.05, 0.1) is 0 Å². The van der Waals surface area contributed by atoms with E-state index in [9.17, 15) is 0 Å². The second-order valence-corrected chi connectivity index (χ2v) is 3.48. The monoisotopic (exact) mass is 250 g/mol. The fraction of sp³-hybridized carbons (Fsp3) is 0.0667. The molecule has 0 aliphatic heterocycles. The van der Waals surface area contributed by atoms with Gasteiger partial charge in [0, 0.05) is 0 Å². The number of rotatable bonds is 1. The van der Waals surface area contributed by atoms with E-state index in [1.54, 1.807) is 0 Å². The first-order valence-electron chi connectivity index (χ1n) is 5.20. The Bertz CT molecular complexity index is 375. The molecule has 0 spiro atoms. The summed E-state index contributed by atoms with van der Waals surface area (Å²) >= 11 is 0. The van der Waals surface area contributed by atoms with Crippen molar-refractivity contribution in [1.29, 1.82) is 0 Å². The second-order valence-electron chi connectivity index (χ2n) is 3.48. The van der Waals surface area contributed by atoms with Crippen LogP contribution in [-0.2, 0) is 17.1 Å². The van der Waals surface area contributed by atoms with E-state index in [1.165, 1.54) is 5.56 Å². The number of hydrogen-bond donors (Lipinski definition) is 0. The van der Waals surface area contributed by atoms with E-state index < -0.39 is 0 Å². The van der Waals surface area contributed by atoms with E-state index in [2.05, 4.69) is 48.6 Å². The molecule has 2 aromatic carbocycles. The SMILES string of the molecule is C1=CC(c2ccc[cH-]2)C=C1.[Fe+2].c1cc[cH-]c1. The second kappa shape index (κ2) is 7.05. The third-order valence-electron chi connectivity index (χ3n) is 2.38. The molecular formula is C15H14Fe. The molecule has 3 rings (SSSR count). The number of allylic oxidation sites excluding steroid dienone is 4. The van der Waals surface area contributed by atoms with Gasteiger partial charge in [-0.15, -0.1) is 0 Å². The molecule has 0 aromatic heterocycles. The van der Waals surface area contributed by atoms with Crippen molar-refractivity contribution in [2.45, 2.75) is 5.92 Å². The molecule has 0 bridgehead atoms. The van der Waals surface area contributed by atoms with Gasteiger partial charge >= 0.3 is 17.1 Å².